The fourth-order valence-electron chi connectivity index (χ4n) is 4.54. The van der Waals surface area contributed by atoms with Crippen molar-refractivity contribution in [2.45, 2.75) is 77.9 Å². The molecule has 1 aliphatic carbocycles. The third-order valence-corrected chi connectivity index (χ3v) is 6.74. The lowest BCUT2D eigenvalue weighted by molar-refractivity contribution is -0.384. The predicted molar refractivity (Wildman–Crippen MR) is 127 cm³/mol. The fraction of sp³-hybridized carbons (Fsp3) is 0.708. The fourth-order valence-corrected chi connectivity index (χ4v) is 4.54. The molecule has 0 radical (unpaired) electrons. The maximum absolute atomic E-state index is 13.3. The highest BCUT2D eigenvalue weighted by molar-refractivity contribution is 6.02. The van der Waals surface area contributed by atoms with Crippen LogP contribution in [0.15, 0.2) is 12.1 Å². The van der Waals surface area contributed by atoms with Crippen LogP contribution in [0.1, 0.15) is 76.6 Å². The van der Waals surface area contributed by atoms with Gasteiger partial charge in [0.05, 0.1) is 21.8 Å². The van der Waals surface area contributed by atoms with E-state index in [0.717, 1.165) is 57.3 Å². The summed E-state index contributed by atoms with van der Waals surface area (Å²) in [4.78, 5) is 26.8. The Morgan fingerprint density at radius 3 is 2.28 bits per heavy atom. The van der Waals surface area contributed by atoms with Crippen molar-refractivity contribution in [2.75, 3.05) is 29.9 Å². The van der Waals surface area contributed by atoms with Gasteiger partial charge in [-0.2, -0.15) is 0 Å². The highest BCUT2D eigenvalue weighted by Gasteiger charge is 2.29. The second-order valence-electron chi connectivity index (χ2n) is 10.4. The molecule has 0 spiro atoms. The molecule has 8 heteroatoms. The molecule has 3 rings (SSSR count). The molecule has 1 saturated carbocycles. The molecule has 2 fully saturated rings. The van der Waals surface area contributed by atoms with E-state index < -0.39 is 10.5 Å². The van der Waals surface area contributed by atoms with E-state index in [2.05, 4.69) is 29.4 Å². The number of rotatable bonds is 7. The molecule has 1 aliphatic heterocycles. The standard InChI is InChI=1S/C24H38N4O4/c1-16-5-7-18(8-6-16)26-23(29)19-13-22(28(31)32)20(25-15-24(3,4)30)14-21(19)27-11-9-17(2)10-12-27/h13-14,16-18,25,30H,5-12,15H2,1-4H3,(H,26,29). The minimum absolute atomic E-state index is 0.111. The number of aliphatic hydroxyl groups is 1. The summed E-state index contributed by atoms with van der Waals surface area (Å²) in [5.41, 5.74) is 0.239. The first-order valence-electron chi connectivity index (χ1n) is 11.9. The quantitative estimate of drug-likeness (QED) is 0.425. The van der Waals surface area contributed by atoms with E-state index in [9.17, 15) is 20.0 Å². The average molecular weight is 447 g/mol. The van der Waals surface area contributed by atoms with Crippen molar-refractivity contribution >= 4 is 23.0 Å². The number of benzene rings is 1. The zero-order valence-corrected chi connectivity index (χ0v) is 19.8. The van der Waals surface area contributed by atoms with Crippen molar-refractivity contribution in [3.8, 4) is 0 Å². The molecule has 1 aromatic carbocycles. The lowest BCUT2D eigenvalue weighted by atomic mass is 9.87. The highest BCUT2D eigenvalue weighted by atomic mass is 16.6. The van der Waals surface area contributed by atoms with E-state index in [1.807, 2.05) is 0 Å². The Morgan fingerprint density at radius 2 is 1.72 bits per heavy atom. The molecular formula is C24H38N4O4. The number of hydrogen-bond donors (Lipinski definition) is 3. The van der Waals surface area contributed by atoms with Crippen LogP contribution in [0.2, 0.25) is 0 Å². The van der Waals surface area contributed by atoms with Crippen LogP contribution < -0.4 is 15.5 Å². The predicted octanol–water partition coefficient (Wildman–Crippen LogP) is 4.32. The lowest BCUT2D eigenvalue weighted by Crippen LogP contribution is -2.39. The number of carbonyl (C=O) groups is 1. The number of anilines is 2. The molecule has 0 unspecified atom stereocenters. The molecule has 8 nitrogen and oxygen atoms in total. The molecule has 0 bridgehead atoms. The number of nitro benzene ring substituents is 1. The Kier molecular flexibility index (Phi) is 7.64. The van der Waals surface area contributed by atoms with Gasteiger partial charge in [-0.15, -0.1) is 0 Å². The minimum atomic E-state index is -1.03. The van der Waals surface area contributed by atoms with E-state index >= 15 is 0 Å². The second kappa shape index (κ2) is 10.1. The van der Waals surface area contributed by atoms with Crippen molar-refractivity contribution in [3.63, 3.8) is 0 Å². The van der Waals surface area contributed by atoms with Gasteiger partial charge in [-0.1, -0.05) is 13.8 Å². The number of nitro groups is 1. The van der Waals surface area contributed by atoms with Gasteiger partial charge in [0.15, 0.2) is 0 Å². The van der Waals surface area contributed by atoms with Crippen molar-refractivity contribution in [2.24, 2.45) is 11.8 Å². The number of carbonyl (C=O) groups excluding carboxylic acids is 1. The molecule has 3 N–H and O–H groups in total. The van der Waals surface area contributed by atoms with Crippen LogP contribution in [0.3, 0.4) is 0 Å². The first-order valence-corrected chi connectivity index (χ1v) is 11.9. The summed E-state index contributed by atoms with van der Waals surface area (Å²) >= 11 is 0. The smallest absolute Gasteiger partial charge is 0.293 e. The van der Waals surface area contributed by atoms with Crippen LogP contribution in [0.4, 0.5) is 17.1 Å². The first-order chi connectivity index (χ1) is 15.0. The maximum Gasteiger partial charge on any atom is 0.293 e. The van der Waals surface area contributed by atoms with Gasteiger partial charge in [-0.25, -0.2) is 0 Å². The third kappa shape index (κ3) is 6.34. The average Bonchev–Trinajstić information content (AvgIpc) is 2.73. The normalized spacial score (nSPS) is 22.5. The summed E-state index contributed by atoms with van der Waals surface area (Å²) in [7, 11) is 0. The van der Waals surface area contributed by atoms with Gasteiger partial charge in [0, 0.05) is 31.7 Å². The Balaban J connectivity index is 1.94. The molecule has 178 valence electrons. The first kappa shape index (κ1) is 24.3. The van der Waals surface area contributed by atoms with E-state index in [1.54, 1.807) is 19.9 Å². The Morgan fingerprint density at radius 1 is 1.12 bits per heavy atom. The zero-order valence-electron chi connectivity index (χ0n) is 19.8. The molecule has 0 aromatic heterocycles. The van der Waals surface area contributed by atoms with Gasteiger partial charge in [0.25, 0.3) is 11.6 Å². The Labute approximate surface area is 190 Å². The van der Waals surface area contributed by atoms with Gasteiger partial charge in [-0.3, -0.25) is 14.9 Å². The third-order valence-electron chi connectivity index (χ3n) is 6.74. The Hall–Kier alpha value is -2.35. The highest BCUT2D eigenvalue weighted by Crippen LogP contribution is 2.36. The van der Waals surface area contributed by atoms with Gasteiger partial charge in [-0.05, 0) is 70.3 Å². The molecule has 1 saturated heterocycles. The molecule has 32 heavy (non-hydrogen) atoms. The van der Waals surface area contributed by atoms with Crippen LogP contribution in [-0.2, 0) is 0 Å². The molecule has 1 heterocycles. The van der Waals surface area contributed by atoms with E-state index in [4.69, 9.17) is 0 Å². The molecule has 1 amide bonds. The molecule has 1 aromatic rings. The molecule has 0 atom stereocenters. The van der Waals surface area contributed by atoms with E-state index in [1.165, 1.54) is 6.07 Å². The van der Waals surface area contributed by atoms with Crippen molar-refractivity contribution in [3.05, 3.63) is 27.8 Å². The van der Waals surface area contributed by atoms with E-state index in [-0.39, 0.29) is 24.2 Å². The number of nitrogens with zero attached hydrogens (tertiary/aromatic N) is 2. The second-order valence-corrected chi connectivity index (χ2v) is 10.4. The number of nitrogens with one attached hydrogen (secondary N) is 2. The number of amides is 1. The summed E-state index contributed by atoms with van der Waals surface area (Å²) in [6, 6.07) is 3.23. The summed E-state index contributed by atoms with van der Waals surface area (Å²) in [6.07, 6.45) is 6.09. The SMILES string of the molecule is CC1CCC(NC(=O)c2cc([N+](=O)[O-])c(NCC(C)(C)O)cc2N2CCC(C)CC2)CC1. The Bertz CT molecular complexity index is 820. The maximum atomic E-state index is 13.3. The van der Waals surface area contributed by atoms with Gasteiger partial charge >= 0.3 is 0 Å². The van der Waals surface area contributed by atoms with Crippen LogP contribution in [0.5, 0.6) is 0 Å². The minimum Gasteiger partial charge on any atom is -0.389 e. The summed E-state index contributed by atoms with van der Waals surface area (Å²) in [5.74, 6) is 1.06. The lowest BCUT2D eigenvalue weighted by Gasteiger charge is -2.34. The summed E-state index contributed by atoms with van der Waals surface area (Å²) < 4.78 is 0. The number of hydrogen-bond acceptors (Lipinski definition) is 6. The largest absolute Gasteiger partial charge is 0.389 e. The molecule has 2 aliphatic rings. The van der Waals surface area contributed by atoms with Crippen LogP contribution in [0.25, 0.3) is 0 Å². The topological polar surface area (TPSA) is 108 Å². The van der Waals surface area contributed by atoms with Crippen molar-refractivity contribution in [1.82, 2.24) is 5.32 Å². The van der Waals surface area contributed by atoms with Crippen LogP contribution in [-0.4, -0.2) is 47.2 Å². The van der Waals surface area contributed by atoms with Crippen molar-refractivity contribution < 1.29 is 14.8 Å². The summed E-state index contributed by atoms with van der Waals surface area (Å²) in [6.45, 7) is 9.53. The number of piperidine rings is 1. The van der Waals surface area contributed by atoms with Gasteiger partial charge in [0.2, 0.25) is 0 Å². The van der Waals surface area contributed by atoms with Gasteiger partial charge < -0.3 is 20.6 Å². The molecular weight excluding hydrogens is 408 g/mol. The van der Waals surface area contributed by atoms with Gasteiger partial charge in [0.1, 0.15) is 5.69 Å². The van der Waals surface area contributed by atoms with Crippen LogP contribution >= 0.6 is 0 Å². The van der Waals surface area contributed by atoms with Crippen LogP contribution in [0, 0.1) is 22.0 Å². The van der Waals surface area contributed by atoms with Crippen molar-refractivity contribution in [1.29, 1.82) is 0 Å². The zero-order chi connectivity index (χ0) is 23.5. The summed E-state index contributed by atoms with van der Waals surface area (Å²) in [5, 5.41) is 28.1. The van der Waals surface area contributed by atoms with E-state index in [0.29, 0.717) is 23.1 Å². The monoisotopic (exact) mass is 446 g/mol.